The van der Waals surface area contributed by atoms with Crippen LogP contribution < -0.4 is 0 Å². The highest BCUT2D eigenvalue weighted by Crippen LogP contribution is 2.48. The van der Waals surface area contributed by atoms with Crippen molar-refractivity contribution >= 4 is 5.78 Å². The fourth-order valence-corrected chi connectivity index (χ4v) is 2.98. The lowest BCUT2D eigenvalue weighted by molar-refractivity contribution is -0.121. The van der Waals surface area contributed by atoms with Crippen LogP contribution in [0.15, 0.2) is 23.8 Å². The maximum Gasteiger partial charge on any atom is 0.140 e. The molecule has 0 aromatic rings. The molecule has 2 unspecified atom stereocenters. The fraction of sp³-hybridized carbons (Fsp3) is 0.615. The lowest BCUT2D eigenvalue weighted by atomic mass is 9.72. The van der Waals surface area contributed by atoms with Crippen molar-refractivity contribution in [2.45, 2.75) is 39.5 Å². The van der Waals surface area contributed by atoms with Gasteiger partial charge in [0, 0.05) is 12.3 Å². The van der Waals surface area contributed by atoms with Gasteiger partial charge in [-0.15, -0.1) is 0 Å². The van der Waals surface area contributed by atoms with Crippen molar-refractivity contribution in [3.8, 4) is 0 Å². The van der Waals surface area contributed by atoms with Crippen LogP contribution in [0.4, 0.5) is 0 Å². The Bertz CT molecular complexity index is 311. The van der Waals surface area contributed by atoms with E-state index in [4.69, 9.17) is 0 Å². The molecule has 2 atom stereocenters. The molecule has 0 aliphatic heterocycles. The van der Waals surface area contributed by atoms with Crippen LogP contribution in [0.3, 0.4) is 0 Å². The first-order chi connectivity index (χ1) is 6.63. The van der Waals surface area contributed by atoms with E-state index in [1.165, 1.54) is 5.57 Å². The molecule has 0 bridgehead atoms. The molecule has 1 nitrogen and oxygen atoms in total. The van der Waals surface area contributed by atoms with Crippen molar-refractivity contribution in [3.05, 3.63) is 23.8 Å². The van der Waals surface area contributed by atoms with Crippen LogP contribution in [0, 0.1) is 11.3 Å². The maximum atomic E-state index is 11.8. The highest BCUT2D eigenvalue weighted by atomic mass is 16.1. The quantitative estimate of drug-likeness (QED) is 0.573. The van der Waals surface area contributed by atoms with Gasteiger partial charge in [0.1, 0.15) is 5.78 Å². The van der Waals surface area contributed by atoms with Crippen LogP contribution in [0.1, 0.15) is 39.5 Å². The molecule has 0 amide bonds. The van der Waals surface area contributed by atoms with Gasteiger partial charge in [0.15, 0.2) is 0 Å². The first-order valence-electron chi connectivity index (χ1n) is 5.49. The molecule has 2 aliphatic rings. The summed E-state index contributed by atoms with van der Waals surface area (Å²) in [6.07, 6.45) is 10.6. The Morgan fingerprint density at radius 1 is 1.43 bits per heavy atom. The average molecular weight is 190 g/mol. The van der Waals surface area contributed by atoms with Gasteiger partial charge in [-0.1, -0.05) is 30.7 Å². The van der Waals surface area contributed by atoms with Gasteiger partial charge in [-0.05, 0) is 31.6 Å². The first-order valence-corrected chi connectivity index (χ1v) is 5.49. The van der Waals surface area contributed by atoms with Crippen molar-refractivity contribution in [2.24, 2.45) is 11.3 Å². The van der Waals surface area contributed by atoms with Crippen LogP contribution >= 0.6 is 0 Å². The highest BCUT2D eigenvalue weighted by molar-refractivity contribution is 5.86. The second kappa shape index (κ2) is 3.38. The Balaban J connectivity index is 2.38. The van der Waals surface area contributed by atoms with Crippen molar-refractivity contribution in [1.82, 2.24) is 0 Å². The molecule has 0 N–H and O–H groups in total. The minimum absolute atomic E-state index is 0.201. The SMILES string of the molecule is C/C1=C/C=C\CCC2(C)CCC(=O)C12. The Morgan fingerprint density at radius 3 is 3.00 bits per heavy atom. The largest absolute Gasteiger partial charge is 0.299 e. The predicted molar refractivity (Wildman–Crippen MR) is 58.0 cm³/mol. The van der Waals surface area contributed by atoms with Crippen molar-refractivity contribution in [3.63, 3.8) is 0 Å². The summed E-state index contributed by atoms with van der Waals surface area (Å²) in [5.74, 6) is 0.656. The van der Waals surface area contributed by atoms with Crippen LogP contribution in [0.2, 0.25) is 0 Å². The van der Waals surface area contributed by atoms with E-state index in [9.17, 15) is 4.79 Å². The summed E-state index contributed by atoms with van der Waals surface area (Å²) in [6, 6.07) is 0. The van der Waals surface area contributed by atoms with E-state index in [0.717, 1.165) is 25.7 Å². The standard InChI is InChI=1S/C13H18O/c1-10-6-4-3-5-8-13(2)9-7-11(14)12(10)13/h3-4,6,12H,5,7-9H2,1-2H3/b4-3-,10-6-. The molecule has 76 valence electrons. The van der Waals surface area contributed by atoms with E-state index < -0.39 is 0 Å². The number of fused-ring (bicyclic) bond motifs is 1. The third-order valence-corrected chi connectivity index (χ3v) is 3.79. The number of allylic oxidation sites excluding steroid dienone is 4. The second-order valence-electron chi connectivity index (χ2n) is 4.93. The summed E-state index contributed by atoms with van der Waals surface area (Å²) in [5.41, 5.74) is 1.49. The van der Waals surface area contributed by atoms with E-state index in [1.807, 2.05) is 0 Å². The second-order valence-corrected chi connectivity index (χ2v) is 4.93. The molecular weight excluding hydrogens is 172 g/mol. The molecule has 1 heteroatoms. The Kier molecular flexibility index (Phi) is 2.34. The average Bonchev–Trinajstić information content (AvgIpc) is 2.39. The number of carbonyl (C=O) groups is 1. The van der Waals surface area contributed by atoms with Gasteiger partial charge < -0.3 is 0 Å². The van der Waals surface area contributed by atoms with Crippen molar-refractivity contribution in [1.29, 1.82) is 0 Å². The van der Waals surface area contributed by atoms with Gasteiger partial charge in [-0.3, -0.25) is 4.79 Å². The topological polar surface area (TPSA) is 17.1 Å². The normalized spacial score (nSPS) is 43.4. The Hall–Kier alpha value is -0.850. The number of hydrogen-bond donors (Lipinski definition) is 0. The van der Waals surface area contributed by atoms with Gasteiger partial charge in [-0.25, -0.2) is 0 Å². The molecule has 1 saturated carbocycles. The number of carbonyl (C=O) groups excluding carboxylic acids is 1. The minimum Gasteiger partial charge on any atom is -0.299 e. The van der Waals surface area contributed by atoms with Crippen LogP contribution in [0.25, 0.3) is 0 Å². The minimum atomic E-state index is 0.201. The molecule has 0 aromatic carbocycles. The predicted octanol–water partition coefficient (Wildman–Crippen LogP) is 3.27. The lowest BCUT2D eigenvalue weighted by Crippen LogP contribution is -2.27. The summed E-state index contributed by atoms with van der Waals surface area (Å²) in [6.45, 7) is 4.38. The molecular formula is C13H18O. The molecule has 0 heterocycles. The van der Waals surface area contributed by atoms with E-state index in [0.29, 0.717) is 5.78 Å². The third kappa shape index (κ3) is 1.45. The first kappa shape index (κ1) is 9.70. The summed E-state index contributed by atoms with van der Waals surface area (Å²) < 4.78 is 0. The number of rotatable bonds is 0. The molecule has 0 spiro atoms. The zero-order valence-electron chi connectivity index (χ0n) is 9.05. The Morgan fingerprint density at radius 2 is 2.21 bits per heavy atom. The molecule has 0 radical (unpaired) electrons. The summed E-state index contributed by atoms with van der Waals surface area (Å²) in [5, 5.41) is 0. The molecule has 1 fully saturated rings. The van der Waals surface area contributed by atoms with E-state index in [1.54, 1.807) is 0 Å². The van der Waals surface area contributed by atoms with Crippen molar-refractivity contribution in [2.75, 3.05) is 0 Å². The monoisotopic (exact) mass is 190 g/mol. The molecule has 0 saturated heterocycles. The van der Waals surface area contributed by atoms with E-state index in [2.05, 4.69) is 32.1 Å². The maximum absolute atomic E-state index is 11.8. The Labute approximate surface area is 85.9 Å². The zero-order chi connectivity index (χ0) is 10.2. The zero-order valence-corrected chi connectivity index (χ0v) is 9.05. The number of ketones is 1. The number of Topliss-reactive ketones (excluding diaryl/α,β-unsaturated/α-hetero) is 1. The van der Waals surface area contributed by atoms with Gasteiger partial charge in [0.2, 0.25) is 0 Å². The van der Waals surface area contributed by atoms with Crippen LogP contribution in [-0.2, 0) is 4.79 Å². The molecule has 14 heavy (non-hydrogen) atoms. The molecule has 2 aliphatic carbocycles. The number of hydrogen-bond acceptors (Lipinski definition) is 1. The summed E-state index contributed by atoms with van der Waals surface area (Å²) in [4.78, 5) is 11.8. The molecule has 0 aromatic heterocycles. The highest BCUT2D eigenvalue weighted by Gasteiger charge is 2.44. The van der Waals surface area contributed by atoms with Gasteiger partial charge in [-0.2, -0.15) is 0 Å². The third-order valence-electron chi connectivity index (χ3n) is 3.79. The lowest BCUT2D eigenvalue weighted by Gasteiger charge is -2.31. The van der Waals surface area contributed by atoms with Gasteiger partial charge in [0.25, 0.3) is 0 Å². The van der Waals surface area contributed by atoms with Crippen molar-refractivity contribution < 1.29 is 4.79 Å². The van der Waals surface area contributed by atoms with E-state index in [-0.39, 0.29) is 11.3 Å². The van der Waals surface area contributed by atoms with Crippen LogP contribution in [0.5, 0.6) is 0 Å². The fourth-order valence-electron chi connectivity index (χ4n) is 2.98. The summed E-state index contributed by atoms with van der Waals surface area (Å²) >= 11 is 0. The van der Waals surface area contributed by atoms with Gasteiger partial charge >= 0.3 is 0 Å². The summed E-state index contributed by atoms with van der Waals surface area (Å²) in [7, 11) is 0. The van der Waals surface area contributed by atoms with Crippen LogP contribution in [-0.4, -0.2) is 5.78 Å². The van der Waals surface area contributed by atoms with E-state index >= 15 is 0 Å². The molecule has 2 rings (SSSR count). The smallest absolute Gasteiger partial charge is 0.140 e. The van der Waals surface area contributed by atoms with Gasteiger partial charge in [0.05, 0.1) is 0 Å².